The van der Waals surface area contributed by atoms with Crippen molar-refractivity contribution in [1.82, 2.24) is 10.6 Å². The van der Waals surface area contributed by atoms with E-state index in [1.807, 2.05) is 38.1 Å². The van der Waals surface area contributed by atoms with Gasteiger partial charge in [0, 0.05) is 24.2 Å². The lowest BCUT2D eigenvalue weighted by molar-refractivity contribution is -0.384. The lowest BCUT2D eigenvalue weighted by Gasteiger charge is -2.12. The Labute approximate surface area is 185 Å². The van der Waals surface area contributed by atoms with Crippen LogP contribution in [0.5, 0.6) is 0 Å². The topological polar surface area (TPSA) is 101 Å². The first-order valence-corrected chi connectivity index (χ1v) is 10.00. The third-order valence-electron chi connectivity index (χ3n) is 4.77. The van der Waals surface area contributed by atoms with Gasteiger partial charge in [-0.25, -0.2) is 0 Å². The average Bonchev–Trinajstić information content (AvgIpc) is 2.78. The van der Waals surface area contributed by atoms with Crippen LogP contribution in [-0.4, -0.2) is 16.7 Å². The van der Waals surface area contributed by atoms with Crippen LogP contribution in [0.2, 0.25) is 0 Å². The second kappa shape index (κ2) is 10.2. The first-order chi connectivity index (χ1) is 15.3. The van der Waals surface area contributed by atoms with Crippen molar-refractivity contribution in [1.29, 1.82) is 0 Å². The molecule has 0 radical (unpaired) electrons. The Kier molecular flexibility index (Phi) is 7.13. The van der Waals surface area contributed by atoms with Crippen LogP contribution >= 0.6 is 0 Å². The molecule has 0 saturated carbocycles. The van der Waals surface area contributed by atoms with Gasteiger partial charge in [-0.2, -0.15) is 0 Å². The second-order valence-electron chi connectivity index (χ2n) is 7.40. The molecule has 2 N–H and O–H groups in total. The fourth-order valence-electron chi connectivity index (χ4n) is 2.94. The molecule has 0 aliphatic carbocycles. The Bertz CT molecular complexity index is 1170. The molecular weight excluding hydrogens is 406 g/mol. The predicted molar refractivity (Wildman–Crippen MR) is 123 cm³/mol. The molecule has 7 nitrogen and oxygen atoms in total. The van der Waals surface area contributed by atoms with Crippen molar-refractivity contribution in [2.24, 2.45) is 0 Å². The molecule has 3 rings (SSSR count). The van der Waals surface area contributed by atoms with Crippen molar-refractivity contribution < 1.29 is 14.5 Å². The maximum Gasteiger partial charge on any atom is 0.270 e. The first kappa shape index (κ1) is 22.4. The van der Waals surface area contributed by atoms with E-state index in [0.29, 0.717) is 11.1 Å². The highest BCUT2D eigenvalue weighted by Crippen LogP contribution is 2.16. The van der Waals surface area contributed by atoms with Gasteiger partial charge >= 0.3 is 0 Å². The van der Waals surface area contributed by atoms with Crippen LogP contribution < -0.4 is 10.6 Å². The molecule has 3 aromatic rings. The fourth-order valence-corrected chi connectivity index (χ4v) is 2.94. The summed E-state index contributed by atoms with van der Waals surface area (Å²) in [5.74, 6) is -0.954. The second-order valence-corrected chi connectivity index (χ2v) is 7.40. The highest BCUT2D eigenvalue weighted by Gasteiger charge is 2.15. The van der Waals surface area contributed by atoms with E-state index < -0.39 is 16.7 Å². The van der Waals surface area contributed by atoms with Gasteiger partial charge in [0.2, 0.25) is 0 Å². The van der Waals surface area contributed by atoms with Crippen LogP contribution in [-0.2, 0) is 11.3 Å². The minimum atomic E-state index is -0.515. The highest BCUT2D eigenvalue weighted by atomic mass is 16.6. The number of rotatable bonds is 7. The number of nitrogens with one attached hydrogen (secondary N) is 2. The van der Waals surface area contributed by atoms with Crippen molar-refractivity contribution in [3.05, 3.63) is 116 Å². The average molecular weight is 429 g/mol. The number of carbonyl (C=O) groups excluding carboxylic acids is 2. The summed E-state index contributed by atoms with van der Waals surface area (Å²) in [6.07, 6.45) is 1.42. The van der Waals surface area contributed by atoms with Gasteiger partial charge in [0.15, 0.2) is 0 Å². The van der Waals surface area contributed by atoms with Gasteiger partial charge in [-0.1, -0.05) is 59.7 Å². The zero-order valence-electron chi connectivity index (χ0n) is 17.8. The quantitative estimate of drug-likeness (QED) is 0.332. The third-order valence-corrected chi connectivity index (χ3v) is 4.77. The number of nitro groups is 1. The standard InChI is InChI=1S/C25H23N3O4/c1-17-6-10-19(11-7-17)16-26-25(30)23(15-20-4-3-5-22(14-20)28(31)32)27-24(29)21-12-8-18(2)9-13-21/h3-15H,16H2,1-2H3,(H,26,30)(H,27,29)/b23-15+. The monoisotopic (exact) mass is 429 g/mol. The van der Waals surface area contributed by atoms with Crippen LogP contribution in [0.3, 0.4) is 0 Å². The Morgan fingerprint density at radius 3 is 2.19 bits per heavy atom. The summed E-state index contributed by atoms with van der Waals surface area (Å²) in [5, 5.41) is 16.5. The van der Waals surface area contributed by atoms with Crippen LogP contribution in [0.25, 0.3) is 6.08 Å². The van der Waals surface area contributed by atoms with E-state index in [1.54, 1.807) is 30.3 Å². The normalized spacial score (nSPS) is 11.0. The van der Waals surface area contributed by atoms with Crippen molar-refractivity contribution in [3.63, 3.8) is 0 Å². The summed E-state index contributed by atoms with van der Waals surface area (Å²) in [5.41, 5.74) is 3.71. The third kappa shape index (κ3) is 6.12. The number of nitro benzene ring substituents is 1. The van der Waals surface area contributed by atoms with Crippen molar-refractivity contribution in [2.75, 3.05) is 0 Å². The maximum absolute atomic E-state index is 12.9. The molecule has 0 fully saturated rings. The number of benzene rings is 3. The van der Waals surface area contributed by atoms with Gasteiger partial charge in [-0.3, -0.25) is 19.7 Å². The molecule has 0 aromatic heterocycles. The molecule has 0 aliphatic rings. The number of amides is 2. The molecule has 0 aliphatic heterocycles. The van der Waals surface area contributed by atoms with E-state index in [2.05, 4.69) is 10.6 Å². The molecule has 0 atom stereocenters. The zero-order valence-corrected chi connectivity index (χ0v) is 17.8. The van der Waals surface area contributed by atoms with E-state index in [4.69, 9.17) is 0 Å². The van der Waals surface area contributed by atoms with Crippen molar-refractivity contribution >= 4 is 23.6 Å². The molecule has 0 saturated heterocycles. The van der Waals surface area contributed by atoms with Crippen LogP contribution in [0.15, 0.2) is 78.5 Å². The Hall–Kier alpha value is -4.26. The fraction of sp³-hybridized carbons (Fsp3) is 0.120. The van der Waals surface area contributed by atoms with Crippen LogP contribution in [0, 0.1) is 24.0 Å². The summed E-state index contributed by atoms with van der Waals surface area (Å²) >= 11 is 0. The molecule has 0 spiro atoms. The summed E-state index contributed by atoms with van der Waals surface area (Å²) in [4.78, 5) is 36.2. The Morgan fingerprint density at radius 2 is 1.56 bits per heavy atom. The summed E-state index contributed by atoms with van der Waals surface area (Å²) in [6.45, 7) is 4.16. The Balaban J connectivity index is 1.85. The summed E-state index contributed by atoms with van der Waals surface area (Å²) in [6, 6.07) is 20.5. The van der Waals surface area contributed by atoms with E-state index in [1.165, 1.54) is 24.3 Å². The Morgan fingerprint density at radius 1 is 0.938 bits per heavy atom. The number of carbonyl (C=O) groups is 2. The lowest BCUT2D eigenvalue weighted by Crippen LogP contribution is -2.34. The minimum absolute atomic E-state index is 0.0109. The smallest absolute Gasteiger partial charge is 0.270 e. The zero-order chi connectivity index (χ0) is 23.1. The van der Waals surface area contributed by atoms with Crippen molar-refractivity contribution in [3.8, 4) is 0 Å². The van der Waals surface area contributed by atoms with Gasteiger partial charge in [-0.15, -0.1) is 0 Å². The van der Waals surface area contributed by atoms with Crippen LogP contribution in [0.4, 0.5) is 5.69 Å². The first-order valence-electron chi connectivity index (χ1n) is 10.00. The highest BCUT2D eigenvalue weighted by molar-refractivity contribution is 6.05. The van der Waals surface area contributed by atoms with Gasteiger partial charge in [0.25, 0.3) is 17.5 Å². The van der Waals surface area contributed by atoms with E-state index >= 15 is 0 Å². The van der Waals surface area contributed by atoms with Gasteiger partial charge in [0.1, 0.15) is 5.70 Å². The molecule has 0 unspecified atom stereocenters. The molecular formula is C25H23N3O4. The molecule has 0 bridgehead atoms. The lowest BCUT2D eigenvalue weighted by atomic mass is 10.1. The van der Waals surface area contributed by atoms with Gasteiger partial charge in [-0.05, 0) is 43.2 Å². The molecule has 32 heavy (non-hydrogen) atoms. The molecule has 3 aromatic carbocycles. The number of hydrogen-bond donors (Lipinski definition) is 2. The predicted octanol–water partition coefficient (Wildman–Crippen LogP) is 4.30. The van der Waals surface area contributed by atoms with Crippen LogP contribution in [0.1, 0.15) is 32.6 Å². The number of nitrogens with zero attached hydrogens (tertiary/aromatic N) is 1. The largest absolute Gasteiger partial charge is 0.347 e. The maximum atomic E-state index is 12.9. The molecule has 2 amide bonds. The molecule has 7 heteroatoms. The summed E-state index contributed by atoms with van der Waals surface area (Å²) < 4.78 is 0. The van der Waals surface area contributed by atoms with Gasteiger partial charge < -0.3 is 10.6 Å². The number of hydrogen-bond acceptors (Lipinski definition) is 4. The number of non-ortho nitro benzene ring substituents is 1. The number of aryl methyl sites for hydroxylation is 2. The molecule has 162 valence electrons. The van der Waals surface area contributed by atoms with E-state index in [0.717, 1.165) is 16.7 Å². The van der Waals surface area contributed by atoms with E-state index in [9.17, 15) is 19.7 Å². The summed E-state index contributed by atoms with van der Waals surface area (Å²) in [7, 11) is 0. The molecule has 0 heterocycles. The van der Waals surface area contributed by atoms with Gasteiger partial charge in [0.05, 0.1) is 4.92 Å². The SMILES string of the molecule is Cc1ccc(CNC(=O)/C(=C\c2cccc([N+](=O)[O-])c2)NC(=O)c2ccc(C)cc2)cc1. The van der Waals surface area contributed by atoms with Crippen molar-refractivity contribution in [2.45, 2.75) is 20.4 Å². The minimum Gasteiger partial charge on any atom is -0.347 e. The van der Waals surface area contributed by atoms with E-state index in [-0.39, 0.29) is 17.9 Å².